The minimum atomic E-state index is 1.20. The average molecular weight is 372 g/mol. The standard InChI is InChI=1S/C27H16S/c1-2-9-23-21(7-1)22-8-3-4-10-24(22)26-17-18(6-5-11-25(23)26)19-12-13-27-20(16-19)14-15-28-27/h1-4,6-17H. The molecular weight excluding hydrogens is 356 g/mol. The van der Waals surface area contributed by atoms with Gasteiger partial charge in [-0.05, 0) is 91.0 Å². The molecule has 0 saturated carbocycles. The second-order valence-electron chi connectivity index (χ2n) is 7.15. The summed E-state index contributed by atoms with van der Waals surface area (Å²) in [6.07, 6.45) is 6.57. The highest BCUT2D eigenvalue weighted by Crippen LogP contribution is 2.37. The summed E-state index contributed by atoms with van der Waals surface area (Å²) in [7, 11) is 0. The van der Waals surface area contributed by atoms with E-state index < -0.39 is 0 Å². The van der Waals surface area contributed by atoms with Gasteiger partial charge in [0.15, 0.2) is 0 Å². The van der Waals surface area contributed by atoms with E-state index in [-0.39, 0.29) is 0 Å². The molecule has 0 nitrogen and oxygen atoms in total. The van der Waals surface area contributed by atoms with E-state index in [0.29, 0.717) is 0 Å². The van der Waals surface area contributed by atoms with Crippen molar-refractivity contribution in [1.29, 1.82) is 0 Å². The Bertz CT molecular complexity index is 1490. The highest BCUT2D eigenvalue weighted by molar-refractivity contribution is 7.17. The van der Waals surface area contributed by atoms with Crippen molar-refractivity contribution in [2.24, 2.45) is 0 Å². The lowest BCUT2D eigenvalue weighted by molar-refractivity contribution is 1.69. The van der Waals surface area contributed by atoms with E-state index in [1.54, 1.807) is 11.3 Å². The van der Waals surface area contributed by atoms with Gasteiger partial charge in [-0.3, -0.25) is 0 Å². The Hall–Kier alpha value is -3.38. The van der Waals surface area contributed by atoms with Crippen molar-refractivity contribution in [3.8, 4) is 0 Å². The van der Waals surface area contributed by atoms with Gasteiger partial charge in [-0.25, -0.2) is 0 Å². The highest BCUT2D eigenvalue weighted by atomic mass is 32.1. The molecular formula is C27H16S. The minimum absolute atomic E-state index is 1.20. The predicted octanol–water partition coefficient (Wildman–Crippen LogP) is 7.93. The van der Waals surface area contributed by atoms with Crippen molar-refractivity contribution < 1.29 is 0 Å². The van der Waals surface area contributed by atoms with Crippen LogP contribution in [0.1, 0.15) is 16.7 Å². The van der Waals surface area contributed by atoms with Crippen LogP contribution in [0.4, 0.5) is 0 Å². The first kappa shape index (κ1) is 15.7. The predicted molar refractivity (Wildman–Crippen MR) is 124 cm³/mol. The maximum atomic E-state index is 3.44. The molecule has 0 amide bonds. The van der Waals surface area contributed by atoms with Crippen molar-refractivity contribution in [3.05, 3.63) is 107 Å². The molecule has 1 aliphatic rings. The Morgan fingerprint density at radius 1 is 0.643 bits per heavy atom. The van der Waals surface area contributed by atoms with Gasteiger partial charge in [-0.1, -0.05) is 54.6 Å². The summed E-state index contributed by atoms with van der Waals surface area (Å²) in [5.74, 6) is 0. The molecule has 0 fully saturated rings. The van der Waals surface area contributed by atoms with Gasteiger partial charge in [-0.15, -0.1) is 17.1 Å². The van der Waals surface area contributed by atoms with Crippen molar-refractivity contribution in [2.75, 3.05) is 0 Å². The molecule has 28 heavy (non-hydrogen) atoms. The van der Waals surface area contributed by atoms with Crippen LogP contribution in [-0.4, -0.2) is 0 Å². The Labute approximate surface area is 167 Å². The number of hydrogen-bond donors (Lipinski definition) is 0. The summed E-state index contributed by atoms with van der Waals surface area (Å²) in [6.45, 7) is 0. The zero-order valence-corrected chi connectivity index (χ0v) is 16.0. The van der Waals surface area contributed by atoms with Crippen LogP contribution in [0, 0.1) is 0 Å². The van der Waals surface area contributed by atoms with Crippen LogP contribution < -0.4 is 0 Å². The van der Waals surface area contributed by atoms with Crippen LogP contribution in [0.3, 0.4) is 0 Å². The van der Waals surface area contributed by atoms with Crippen LogP contribution in [-0.2, 0) is 0 Å². The van der Waals surface area contributed by atoms with Crippen molar-refractivity contribution >= 4 is 60.7 Å². The van der Waals surface area contributed by atoms with Crippen LogP contribution in [0.2, 0.25) is 0 Å². The molecule has 0 spiro atoms. The molecule has 1 heterocycles. The van der Waals surface area contributed by atoms with Gasteiger partial charge < -0.3 is 0 Å². The Balaban J connectivity index is 1.70. The number of benzene rings is 4. The molecule has 130 valence electrons. The van der Waals surface area contributed by atoms with Gasteiger partial charge in [-0.2, -0.15) is 0 Å². The number of rotatable bonds is 1. The Morgan fingerprint density at radius 3 is 2.14 bits per heavy atom. The van der Waals surface area contributed by atoms with Gasteiger partial charge >= 0.3 is 0 Å². The van der Waals surface area contributed by atoms with Gasteiger partial charge in [0.05, 0.1) is 0 Å². The highest BCUT2D eigenvalue weighted by Gasteiger charge is 2.13. The maximum absolute atomic E-state index is 3.44. The summed E-state index contributed by atoms with van der Waals surface area (Å²) in [6, 6.07) is 26.3. The Morgan fingerprint density at radius 2 is 1.36 bits per heavy atom. The third-order valence-electron chi connectivity index (χ3n) is 5.57. The van der Waals surface area contributed by atoms with Crippen LogP contribution in [0.25, 0.3) is 49.4 Å². The lowest BCUT2D eigenvalue weighted by atomic mass is 9.90. The first-order chi connectivity index (χ1) is 13.9. The first-order valence-corrected chi connectivity index (χ1v) is 10.3. The number of allylic oxidation sites excluding steroid dienone is 2. The third kappa shape index (κ3) is 2.31. The fourth-order valence-corrected chi connectivity index (χ4v) is 5.00. The molecule has 5 aromatic rings. The molecule has 1 aliphatic carbocycles. The first-order valence-electron chi connectivity index (χ1n) is 9.44. The monoisotopic (exact) mass is 372 g/mol. The van der Waals surface area contributed by atoms with E-state index >= 15 is 0 Å². The molecule has 1 heteroatoms. The molecule has 0 saturated heterocycles. The van der Waals surface area contributed by atoms with Crippen LogP contribution in [0.15, 0.2) is 90.0 Å². The fourth-order valence-electron chi connectivity index (χ4n) is 4.23. The zero-order valence-electron chi connectivity index (χ0n) is 15.1. The van der Waals surface area contributed by atoms with Gasteiger partial charge in [0.2, 0.25) is 0 Å². The molecule has 4 aromatic carbocycles. The molecule has 1 aromatic heterocycles. The lowest BCUT2D eigenvalue weighted by Crippen LogP contribution is -1.89. The lowest BCUT2D eigenvalue weighted by Gasteiger charge is -2.13. The van der Waals surface area contributed by atoms with E-state index in [1.807, 2.05) is 0 Å². The number of thiophene rings is 1. The van der Waals surface area contributed by atoms with Crippen LogP contribution in [0.5, 0.6) is 0 Å². The SMILES string of the molecule is C1=CC(c2ccc3sccc3c2)=Cc2c(c3ccccc3c3ccccc23)C=1. The zero-order chi connectivity index (χ0) is 18.5. The van der Waals surface area contributed by atoms with Gasteiger partial charge in [0.25, 0.3) is 0 Å². The fraction of sp³-hybridized carbons (Fsp3) is 0. The molecule has 0 atom stereocenters. The molecule has 0 N–H and O–H groups in total. The largest absolute Gasteiger partial charge is 0.144 e. The summed E-state index contributed by atoms with van der Waals surface area (Å²) in [5.41, 5.74) is 8.39. The summed E-state index contributed by atoms with van der Waals surface area (Å²) in [4.78, 5) is 0. The van der Waals surface area contributed by atoms with Crippen molar-refractivity contribution in [1.82, 2.24) is 0 Å². The summed E-state index contributed by atoms with van der Waals surface area (Å²) >= 11 is 1.79. The molecule has 0 bridgehead atoms. The third-order valence-corrected chi connectivity index (χ3v) is 6.46. The Kier molecular flexibility index (Phi) is 3.39. The van der Waals surface area contributed by atoms with Crippen LogP contribution >= 0.6 is 11.3 Å². The van der Waals surface area contributed by atoms with Gasteiger partial charge in [0, 0.05) is 4.70 Å². The van der Waals surface area contributed by atoms with Crippen molar-refractivity contribution in [2.45, 2.75) is 0 Å². The normalized spacial score (nSPS) is 13.1. The average Bonchev–Trinajstić information content (AvgIpc) is 3.10. The van der Waals surface area contributed by atoms with E-state index in [1.165, 1.54) is 53.9 Å². The quantitative estimate of drug-likeness (QED) is 0.207. The van der Waals surface area contributed by atoms with E-state index in [4.69, 9.17) is 0 Å². The van der Waals surface area contributed by atoms with Crippen molar-refractivity contribution in [3.63, 3.8) is 0 Å². The minimum Gasteiger partial charge on any atom is -0.144 e. The number of fused-ring (bicyclic) bond motifs is 7. The van der Waals surface area contributed by atoms with E-state index in [0.717, 1.165) is 0 Å². The molecule has 0 radical (unpaired) electrons. The summed E-state index contributed by atoms with van der Waals surface area (Å²) < 4.78 is 1.33. The maximum Gasteiger partial charge on any atom is 0.0343 e. The molecule has 0 unspecified atom stereocenters. The van der Waals surface area contributed by atoms with E-state index in [2.05, 4.69) is 102 Å². The topological polar surface area (TPSA) is 0 Å². The molecule has 6 rings (SSSR count). The second-order valence-corrected chi connectivity index (χ2v) is 8.09. The second kappa shape index (κ2) is 6.07. The summed E-state index contributed by atoms with van der Waals surface area (Å²) in [5, 5.41) is 8.62. The number of hydrogen-bond acceptors (Lipinski definition) is 1. The smallest absolute Gasteiger partial charge is 0.0343 e. The van der Waals surface area contributed by atoms with E-state index in [9.17, 15) is 0 Å². The van der Waals surface area contributed by atoms with Gasteiger partial charge in [0.1, 0.15) is 0 Å². The molecule has 0 aliphatic heterocycles.